The Labute approximate surface area is 105 Å². The summed E-state index contributed by atoms with van der Waals surface area (Å²) >= 11 is 0. The average Bonchev–Trinajstić information content (AvgIpc) is 2.67. The molecular weight excluding hydrogens is 260 g/mol. The van der Waals surface area contributed by atoms with E-state index in [4.69, 9.17) is 15.2 Å². The van der Waals surface area contributed by atoms with Gasteiger partial charge in [0.2, 0.25) is 5.39 Å². The molecule has 0 amide bonds. The summed E-state index contributed by atoms with van der Waals surface area (Å²) in [7, 11) is 0. The molecule has 1 aliphatic heterocycles. The van der Waals surface area contributed by atoms with Crippen LogP contribution in [0.1, 0.15) is 6.23 Å². The molecule has 4 atom stereocenters. The Balaban J connectivity index is 2.46. The van der Waals surface area contributed by atoms with Crippen molar-refractivity contribution >= 4 is 5.69 Å². The van der Waals surface area contributed by atoms with E-state index in [1.54, 1.807) is 0 Å². The number of H-pyrrole nitrogens is 1. The summed E-state index contributed by atoms with van der Waals surface area (Å²) in [4.78, 5) is 27.3. The van der Waals surface area contributed by atoms with Gasteiger partial charge in [-0.1, -0.05) is 0 Å². The van der Waals surface area contributed by atoms with E-state index in [0.29, 0.717) is 0 Å². The van der Waals surface area contributed by atoms with E-state index in [1.165, 1.54) is 0 Å². The second-order valence-electron chi connectivity index (χ2n) is 4.01. The van der Waals surface area contributed by atoms with Crippen LogP contribution in [0.25, 0.3) is 4.98 Å². The quantitative estimate of drug-likeness (QED) is 0.438. The predicted molar refractivity (Wildman–Crippen MR) is 59.1 cm³/mol. The lowest BCUT2D eigenvalue weighted by atomic mass is 10.1. The lowest BCUT2D eigenvalue weighted by molar-refractivity contribution is -0.0549. The van der Waals surface area contributed by atoms with Crippen LogP contribution in [-0.4, -0.2) is 49.8 Å². The van der Waals surface area contributed by atoms with E-state index in [2.05, 4.69) is 4.98 Å². The Morgan fingerprint density at radius 2 is 2.11 bits per heavy atom. The summed E-state index contributed by atoms with van der Waals surface area (Å²) in [6.07, 6.45) is -4.36. The van der Waals surface area contributed by atoms with Gasteiger partial charge in [0, 0.05) is 0 Å². The number of nitrogens with one attached hydrogen (secondary N) is 1. The Hall–Kier alpha value is -2.06. The van der Waals surface area contributed by atoms with Gasteiger partial charge < -0.3 is 20.1 Å². The predicted octanol–water partition coefficient (Wildman–Crippen LogP) is -2.37. The minimum absolute atomic E-state index is 0.461. The van der Waals surface area contributed by atoms with Crippen molar-refractivity contribution in [1.29, 1.82) is 5.39 Å². The number of aliphatic hydroxyl groups excluding tert-OH is 3. The first-order valence-corrected chi connectivity index (χ1v) is 5.32. The van der Waals surface area contributed by atoms with E-state index < -0.39 is 48.1 Å². The van der Waals surface area contributed by atoms with Gasteiger partial charge in [-0.05, 0) is 0 Å². The molecule has 0 bridgehead atoms. The number of diazo groups is 1. The van der Waals surface area contributed by atoms with Crippen LogP contribution in [0.5, 0.6) is 0 Å². The summed E-state index contributed by atoms with van der Waals surface area (Å²) < 4.78 is 5.87. The third-order valence-electron chi connectivity index (χ3n) is 2.85. The summed E-state index contributed by atoms with van der Waals surface area (Å²) in [5, 5.41) is 36.8. The number of nitrogens with zero attached hydrogens (tertiary/aromatic N) is 3. The van der Waals surface area contributed by atoms with Crippen molar-refractivity contribution in [3.8, 4) is 0 Å². The Morgan fingerprint density at radius 3 is 2.63 bits per heavy atom. The molecule has 0 aromatic carbocycles. The van der Waals surface area contributed by atoms with Gasteiger partial charge in [-0.3, -0.25) is 14.3 Å². The molecule has 0 aliphatic carbocycles. The summed E-state index contributed by atoms with van der Waals surface area (Å²) in [5.74, 6) is 0. The Bertz CT molecular complexity index is 631. The highest BCUT2D eigenvalue weighted by molar-refractivity contribution is 5.37. The SMILES string of the molecule is N#[N+]c1cn([C@@H]2O[C@H](CO)[C@@H](O)[C@H]2O)c(=O)[nH]c1=O. The molecule has 0 unspecified atom stereocenters. The van der Waals surface area contributed by atoms with Gasteiger partial charge in [0.05, 0.1) is 6.61 Å². The maximum atomic E-state index is 11.6. The van der Waals surface area contributed by atoms with Crippen molar-refractivity contribution in [1.82, 2.24) is 9.55 Å². The highest BCUT2D eigenvalue weighted by Crippen LogP contribution is 2.28. The average molecular weight is 271 g/mol. The van der Waals surface area contributed by atoms with Gasteiger partial charge in [0.15, 0.2) is 11.2 Å². The van der Waals surface area contributed by atoms with Crippen molar-refractivity contribution < 1.29 is 20.1 Å². The van der Waals surface area contributed by atoms with Crippen LogP contribution in [0, 0.1) is 5.39 Å². The zero-order valence-corrected chi connectivity index (χ0v) is 9.50. The van der Waals surface area contributed by atoms with E-state index in [9.17, 15) is 19.8 Å². The van der Waals surface area contributed by atoms with Crippen LogP contribution in [0.15, 0.2) is 15.8 Å². The lowest BCUT2D eigenvalue weighted by Crippen LogP contribution is -2.37. The van der Waals surface area contributed by atoms with Crippen LogP contribution in [0.2, 0.25) is 0 Å². The van der Waals surface area contributed by atoms with Gasteiger partial charge in [0.1, 0.15) is 24.5 Å². The number of aromatic amines is 1. The van der Waals surface area contributed by atoms with E-state index in [0.717, 1.165) is 10.8 Å². The number of hydrogen-bond acceptors (Lipinski definition) is 7. The molecule has 10 nitrogen and oxygen atoms in total. The highest BCUT2D eigenvalue weighted by atomic mass is 16.6. The molecule has 2 heterocycles. The first-order valence-electron chi connectivity index (χ1n) is 5.32. The van der Waals surface area contributed by atoms with E-state index in [1.807, 2.05) is 4.98 Å². The molecular formula is C9H11N4O6+. The molecule has 0 saturated carbocycles. The fraction of sp³-hybridized carbons (Fsp3) is 0.556. The monoisotopic (exact) mass is 271 g/mol. The smallest absolute Gasteiger partial charge is 0.394 e. The van der Waals surface area contributed by atoms with Gasteiger partial charge >= 0.3 is 16.9 Å². The molecule has 0 spiro atoms. The fourth-order valence-corrected chi connectivity index (χ4v) is 1.84. The molecule has 19 heavy (non-hydrogen) atoms. The molecule has 2 rings (SSSR count). The minimum Gasteiger partial charge on any atom is -0.394 e. The first-order chi connectivity index (χ1) is 8.99. The third kappa shape index (κ3) is 2.15. The number of aliphatic hydroxyl groups is 3. The molecule has 1 aromatic rings. The molecule has 102 valence electrons. The van der Waals surface area contributed by atoms with Crippen LogP contribution < -0.4 is 11.2 Å². The molecule has 0 radical (unpaired) electrons. The Morgan fingerprint density at radius 1 is 1.42 bits per heavy atom. The lowest BCUT2D eigenvalue weighted by Gasteiger charge is -2.15. The van der Waals surface area contributed by atoms with E-state index >= 15 is 0 Å². The van der Waals surface area contributed by atoms with Gasteiger partial charge in [-0.25, -0.2) is 4.79 Å². The molecule has 1 saturated heterocycles. The second-order valence-corrected chi connectivity index (χ2v) is 4.01. The maximum absolute atomic E-state index is 11.6. The highest BCUT2D eigenvalue weighted by Gasteiger charge is 2.44. The van der Waals surface area contributed by atoms with Crippen molar-refractivity contribution in [2.45, 2.75) is 24.5 Å². The van der Waals surface area contributed by atoms with Gasteiger partial charge in [-0.15, -0.1) is 0 Å². The molecule has 1 aromatic heterocycles. The van der Waals surface area contributed by atoms with Crippen LogP contribution in [0.4, 0.5) is 5.69 Å². The number of aromatic nitrogens is 2. The summed E-state index contributed by atoms with van der Waals surface area (Å²) in [6.45, 7) is -0.552. The second kappa shape index (κ2) is 4.90. The van der Waals surface area contributed by atoms with Crippen molar-refractivity contribution in [2.24, 2.45) is 0 Å². The maximum Gasteiger partial charge on any atom is 0.465 e. The van der Waals surface area contributed by atoms with Gasteiger partial charge in [-0.2, -0.15) is 0 Å². The van der Waals surface area contributed by atoms with Crippen LogP contribution in [-0.2, 0) is 4.74 Å². The molecule has 1 aliphatic rings. The number of ether oxygens (including phenoxy) is 1. The fourth-order valence-electron chi connectivity index (χ4n) is 1.84. The van der Waals surface area contributed by atoms with Crippen LogP contribution in [0.3, 0.4) is 0 Å². The first kappa shape index (κ1) is 13.4. The minimum atomic E-state index is -1.48. The number of hydrogen-bond donors (Lipinski definition) is 4. The Kier molecular flexibility index (Phi) is 3.45. The standard InChI is InChI=1S/C9H10N4O6/c10-12-3-1-13(9(18)11-7(3)17)8-6(16)5(15)4(2-14)19-8/h1,4-6,8,14-16H,2H2/p+1/t4-,5-,6-,8-/m1/s1. The largest absolute Gasteiger partial charge is 0.465 e. The topological polar surface area (TPSA) is 153 Å². The van der Waals surface area contributed by atoms with Gasteiger partial charge in [0.25, 0.3) is 0 Å². The normalized spacial score (nSPS) is 30.2. The molecule has 1 fully saturated rings. The zero-order valence-electron chi connectivity index (χ0n) is 9.50. The van der Waals surface area contributed by atoms with Crippen molar-refractivity contribution in [3.05, 3.63) is 32.0 Å². The third-order valence-corrected chi connectivity index (χ3v) is 2.85. The van der Waals surface area contributed by atoms with Crippen molar-refractivity contribution in [3.63, 3.8) is 0 Å². The number of rotatable bonds is 2. The summed E-state index contributed by atoms with van der Waals surface area (Å²) in [5.41, 5.74) is -2.28. The van der Waals surface area contributed by atoms with E-state index in [-0.39, 0.29) is 0 Å². The van der Waals surface area contributed by atoms with Crippen LogP contribution >= 0.6 is 0 Å². The zero-order chi connectivity index (χ0) is 14.2. The molecule has 4 N–H and O–H groups in total. The molecule has 10 heteroatoms. The van der Waals surface area contributed by atoms with Crippen molar-refractivity contribution in [2.75, 3.05) is 6.61 Å². The summed E-state index contributed by atoms with van der Waals surface area (Å²) in [6, 6.07) is 0.